The number of ether oxygens (including phenoxy) is 2. The maximum absolute atomic E-state index is 10.7. The number of benzene rings is 2. The van der Waals surface area contributed by atoms with E-state index in [0.29, 0.717) is 28.2 Å². The number of rotatable bonds is 7. The molecule has 2 aromatic carbocycles. The predicted molar refractivity (Wildman–Crippen MR) is 104 cm³/mol. The van der Waals surface area contributed by atoms with E-state index in [2.05, 4.69) is 15.5 Å². The van der Waals surface area contributed by atoms with E-state index in [0.717, 1.165) is 5.56 Å². The molecule has 27 heavy (non-hydrogen) atoms. The Labute approximate surface area is 158 Å². The van der Waals surface area contributed by atoms with Gasteiger partial charge in [-0.1, -0.05) is 0 Å². The zero-order valence-corrected chi connectivity index (χ0v) is 15.0. The normalized spacial score (nSPS) is 10.7. The molecule has 0 amide bonds. The van der Waals surface area contributed by atoms with Crippen molar-refractivity contribution in [3.05, 3.63) is 63.5 Å². The Hall–Kier alpha value is -3.66. The molecule has 0 saturated carbocycles. The molecule has 138 valence electrons. The fourth-order valence-electron chi connectivity index (χ4n) is 2.11. The number of nitro benzene ring substituents is 1. The van der Waals surface area contributed by atoms with E-state index < -0.39 is 4.92 Å². The maximum Gasteiger partial charge on any atom is 0.269 e. The Bertz CT molecular complexity index is 972. The van der Waals surface area contributed by atoms with Gasteiger partial charge in [-0.05, 0) is 35.9 Å². The summed E-state index contributed by atoms with van der Waals surface area (Å²) in [5.41, 5.74) is 9.11. The lowest BCUT2D eigenvalue weighted by atomic mass is 10.2. The second-order valence-electron chi connectivity index (χ2n) is 5.21. The average molecular weight is 385 g/mol. The van der Waals surface area contributed by atoms with Crippen molar-refractivity contribution >= 4 is 34.2 Å². The first-order chi connectivity index (χ1) is 13.0. The van der Waals surface area contributed by atoms with Crippen molar-refractivity contribution in [2.75, 3.05) is 18.3 Å². The molecule has 1 aromatic heterocycles. The number of hydrogen-bond acceptors (Lipinski definition) is 9. The van der Waals surface area contributed by atoms with Gasteiger partial charge in [-0.25, -0.2) is 4.98 Å². The number of non-ortho nitro benzene ring substituents is 1. The standard InChI is InChI=1S/C17H15N5O4S/c1-25-15-8-11(9-19-21-17-20-16(18)10-27-17)2-7-14(15)26-13-5-3-12(4-6-13)22(23)24/h2-10H,18H2,1H3,(H,20,21). The molecule has 0 aliphatic heterocycles. The van der Waals surface area contributed by atoms with Gasteiger partial charge in [-0.3, -0.25) is 15.5 Å². The number of aromatic nitrogens is 1. The molecule has 9 nitrogen and oxygen atoms in total. The second-order valence-corrected chi connectivity index (χ2v) is 6.07. The minimum absolute atomic E-state index is 0.00430. The molecule has 0 bridgehead atoms. The van der Waals surface area contributed by atoms with Crippen LogP contribution in [0.15, 0.2) is 52.9 Å². The third-order valence-corrected chi connectivity index (χ3v) is 4.12. The van der Waals surface area contributed by atoms with Crippen molar-refractivity contribution in [2.24, 2.45) is 5.10 Å². The topological polar surface area (TPSA) is 125 Å². The number of methoxy groups -OCH3 is 1. The molecular formula is C17H15N5O4S. The van der Waals surface area contributed by atoms with Crippen molar-refractivity contribution in [3.63, 3.8) is 0 Å². The number of anilines is 2. The van der Waals surface area contributed by atoms with Crippen molar-refractivity contribution in [3.8, 4) is 17.2 Å². The highest BCUT2D eigenvalue weighted by Crippen LogP contribution is 2.32. The smallest absolute Gasteiger partial charge is 0.269 e. The maximum atomic E-state index is 10.7. The molecule has 0 unspecified atom stereocenters. The summed E-state index contributed by atoms with van der Waals surface area (Å²) in [6, 6.07) is 11.1. The largest absolute Gasteiger partial charge is 0.493 e. The van der Waals surface area contributed by atoms with Gasteiger partial charge < -0.3 is 15.2 Å². The monoisotopic (exact) mass is 385 g/mol. The predicted octanol–water partition coefficient (Wildman–Crippen LogP) is 3.88. The summed E-state index contributed by atoms with van der Waals surface area (Å²) in [4.78, 5) is 14.3. The zero-order valence-electron chi connectivity index (χ0n) is 14.2. The number of nitrogen functional groups attached to an aromatic ring is 1. The SMILES string of the molecule is COc1cc(C=NNc2nc(N)cs2)ccc1Oc1ccc([N+](=O)[O-])cc1. The van der Waals surface area contributed by atoms with Crippen molar-refractivity contribution in [2.45, 2.75) is 0 Å². The van der Waals surface area contributed by atoms with Crippen LogP contribution in [0.1, 0.15) is 5.56 Å². The highest BCUT2D eigenvalue weighted by atomic mass is 32.1. The third-order valence-electron chi connectivity index (χ3n) is 3.36. The highest BCUT2D eigenvalue weighted by Gasteiger charge is 2.09. The number of hydrogen-bond donors (Lipinski definition) is 2. The number of nitrogens with one attached hydrogen (secondary N) is 1. The van der Waals surface area contributed by atoms with Crippen LogP contribution in [0.2, 0.25) is 0 Å². The second kappa shape index (κ2) is 8.15. The Morgan fingerprint density at radius 3 is 2.67 bits per heavy atom. The summed E-state index contributed by atoms with van der Waals surface area (Å²) in [6.45, 7) is 0. The minimum atomic E-state index is -0.466. The fraction of sp³-hybridized carbons (Fsp3) is 0.0588. The van der Waals surface area contributed by atoms with Crippen LogP contribution < -0.4 is 20.6 Å². The number of thiazole rings is 1. The fourth-order valence-corrected chi connectivity index (χ4v) is 2.66. The molecule has 1 heterocycles. The van der Waals surface area contributed by atoms with Crippen LogP contribution in [0.4, 0.5) is 16.6 Å². The van der Waals surface area contributed by atoms with E-state index in [1.165, 1.54) is 42.7 Å². The first kappa shape index (κ1) is 18.1. The van der Waals surface area contributed by atoms with Gasteiger partial charge in [0.2, 0.25) is 5.13 Å². The molecule has 10 heteroatoms. The van der Waals surface area contributed by atoms with E-state index in [-0.39, 0.29) is 5.69 Å². The molecular weight excluding hydrogens is 370 g/mol. The van der Waals surface area contributed by atoms with Gasteiger partial charge >= 0.3 is 0 Å². The molecule has 3 N–H and O–H groups in total. The molecule has 0 spiro atoms. The molecule has 0 aliphatic carbocycles. The Morgan fingerprint density at radius 1 is 1.26 bits per heavy atom. The lowest BCUT2D eigenvalue weighted by molar-refractivity contribution is -0.384. The molecule has 3 rings (SSSR count). The van der Waals surface area contributed by atoms with Gasteiger partial charge in [0.05, 0.1) is 18.2 Å². The van der Waals surface area contributed by atoms with Crippen LogP contribution in [-0.2, 0) is 0 Å². The Kier molecular flexibility index (Phi) is 5.47. The van der Waals surface area contributed by atoms with E-state index in [4.69, 9.17) is 15.2 Å². The summed E-state index contributed by atoms with van der Waals surface area (Å²) in [7, 11) is 1.52. The summed E-state index contributed by atoms with van der Waals surface area (Å²) in [5.74, 6) is 1.87. The molecule has 0 atom stereocenters. The van der Waals surface area contributed by atoms with Gasteiger partial charge in [0.15, 0.2) is 11.5 Å². The number of hydrazone groups is 1. The van der Waals surface area contributed by atoms with Crippen LogP contribution in [0.3, 0.4) is 0 Å². The van der Waals surface area contributed by atoms with Crippen LogP contribution in [0, 0.1) is 10.1 Å². The van der Waals surface area contributed by atoms with E-state index >= 15 is 0 Å². The van der Waals surface area contributed by atoms with Gasteiger partial charge in [0, 0.05) is 17.5 Å². The molecule has 0 fully saturated rings. The van der Waals surface area contributed by atoms with Gasteiger partial charge in [-0.15, -0.1) is 11.3 Å². The molecule has 0 saturated heterocycles. The highest BCUT2D eigenvalue weighted by molar-refractivity contribution is 7.14. The van der Waals surface area contributed by atoms with E-state index in [1.807, 2.05) is 0 Å². The van der Waals surface area contributed by atoms with E-state index in [1.54, 1.807) is 29.8 Å². The van der Waals surface area contributed by atoms with Gasteiger partial charge in [-0.2, -0.15) is 5.10 Å². The summed E-state index contributed by atoms with van der Waals surface area (Å²) in [5, 5.41) is 17.1. The number of nitro groups is 1. The lowest BCUT2D eigenvalue weighted by Crippen LogP contribution is -1.94. The zero-order chi connectivity index (χ0) is 19.2. The van der Waals surface area contributed by atoms with Crippen LogP contribution >= 0.6 is 11.3 Å². The van der Waals surface area contributed by atoms with Crippen molar-refractivity contribution in [1.82, 2.24) is 4.98 Å². The first-order valence-electron chi connectivity index (χ1n) is 7.65. The Morgan fingerprint density at radius 2 is 2.04 bits per heavy atom. The van der Waals surface area contributed by atoms with Gasteiger partial charge in [0.25, 0.3) is 5.69 Å². The van der Waals surface area contributed by atoms with Crippen LogP contribution in [0.5, 0.6) is 17.2 Å². The average Bonchev–Trinajstić information content (AvgIpc) is 3.08. The molecule has 3 aromatic rings. The van der Waals surface area contributed by atoms with Crippen LogP contribution in [0.25, 0.3) is 0 Å². The van der Waals surface area contributed by atoms with E-state index in [9.17, 15) is 10.1 Å². The quantitative estimate of drug-likeness (QED) is 0.359. The van der Waals surface area contributed by atoms with Crippen molar-refractivity contribution in [1.29, 1.82) is 0 Å². The minimum Gasteiger partial charge on any atom is -0.493 e. The van der Waals surface area contributed by atoms with Crippen molar-refractivity contribution < 1.29 is 14.4 Å². The molecule has 0 radical (unpaired) electrons. The van der Waals surface area contributed by atoms with Crippen LogP contribution in [-0.4, -0.2) is 23.2 Å². The summed E-state index contributed by atoms with van der Waals surface area (Å²) < 4.78 is 11.1. The number of nitrogens with two attached hydrogens (primary N) is 1. The number of nitrogens with zero attached hydrogens (tertiary/aromatic N) is 3. The third kappa shape index (κ3) is 4.70. The van der Waals surface area contributed by atoms with Gasteiger partial charge in [0.1, 0.15) is 11.6 Å². The molecule has 0 aliphatic rings. The summed E-state index contributed by atoms with van der Waals surface area (Å²) >= 11 is 1.35. The summed E-state index contributed by atoms with van der Waals surface area (Å²) in [6.07, 6.45) is 1.61. The Balaban J connectivity index is 1.70. The lowest BCUT2D eigenvalue weighted by Gasteiger charge is -2.10. The first-order valence-corrected chi connectivity index (χ1v) is 8.53.